The highest BCUT2D eigenvalue weighted by Gasteiger charge is 2.30. The largest absolute Gasteiger partial charge is 0.369 e. The maximum atomic E-state index is 15.0. The van der Waals surface area contributed by atoms with Crippen molar-refractivity contribution in [2.75, 3.05) is 29.9 Å². The summed E-state index contributed by atoms with van der Waals surface area (Å²) in [5.74, 6) is 0.927. The van der Waals surface area contributed by atoms with E-state index in [4.69, 9.17) is 11.6 Å². The molecule has 9 heteroatoms. The highest BCUT2D eigenvalue weighted by molar-refractivity contribution is 6.33. The molecule has 1 saturated heterocycles. The fourth-order valence-corrected chi connectivity index (χ4v) is 5.79. The zero-order valence-corrected chi connectivity index (χ0v) is 22.9. The molecular formula is C31H30ClFN6O. The maximum absolute atomic E-state index is 15.0. The van der Waals surface area contributed by atoms with Gasteiger partial charge in [-0.3, -0.25) is 4.98 Å². The van der Waals surface area contributed by atoms with Gasteiger partial charge in [0.1, 0.15) is 11.6 Å². The van der Waals surface area contributed by atoms with E-state index in [1.54, 1.807) is 23.5 Å². The van der Waals surface area contributed by atoms with Crippen LogP contribution < -0.4 is 15.5 Å². The number of rotatable bonds is 6. The lowest BCUT2D eigenvalue weighted by Gasteiger charge is -2.34. The molecule has 40 heavy (non-hydrogen) atoms. The predicted molar refractivity (Wildman–Crippen MR) is 158 cm³/mol. The molecule has 2 aromatic carbocycles. The number of aromatic nitrogens is 3. The quantitative estimate of drug-likeness (QED) is 0.259. The van der Waals surface area contributed by atoms with E-state index in [1.807, 2.05) is 55.5 Å². The van der Waals surface area contributed by atoms with Gasteiger partial charge in [0.25, 0.3) is 0 Å². The Bertz CT molecular complexity index is 1560. The van der Waals surface area contributed by atoms with Crippen LogP contribution in [0.5, 0.6) is 0 Å². The van der Waals surface area contributed by atoms with Gasteiger partial charge in [-0.25, -0.2) is 9.37 Å². The van der Waals surface area contributed by atoms with Gasteiger partial charge in [-0.05, 0) is 80.2 Å². The van der Waals surface area contributed by atoms with E-state index >= 15 is 0 Å². The third kappa shape index (κ3) is 5.18. The number of piperidine rings is 1. The second-order valence-electron chi connectivity index (χ2n) is 10.1. The van der Waals surface area contributed by atoms with Crippen molar-refractivity contribution in [2.45, 2.75) is 31.9 Å². The molecule has 2 aromatic heterocycles. The number of halogens is 2. The molecule has 6 rings (SSSR count). The molecule has 0 spiro atoms. The Labute approximate surface area is 237 Å². The van der Waals surface area contributed by atoms with Gasteiger partial charge < -0.3 is 20.6 Å². The summed E-state index contributed by atoms with van der Waals surface area (Å²) in [4.78, 5) is 15.1. The summed E-state index contributed by atoms with van der Waals surface area (Å²) in [5, 5.41) is 18.3. The lowest BCUT2D eigenvalue weighted by atomic mass is 9.90. The number of pyridine rings is 1. The Hall–Kier alpha value is -3.85. The number of aliphatic hydroxyl groups excluding tert-OH is 1. The number of aliphatic hydroxyl groups is 1. The van der Waals surface area contributed by atoms with Crippen molar-refractivity contribution in [3.63, 3.8) is 0 Å². The summed E-state index contributed by atoms with van der Waals surface area (Å²) in [7, 11) is 0. The Morgan fingerprint density at radius 2 is 1.95 bits per heavy atom. The fraction of sp³-hybridized carbons (Fsp3) is 0.258. The summed E-state index contributed by atoms with van der Waals surface area (Å²) >= 11 is 6.72. The summed E-state index contributed by atoms with van der Waals surface area (Å²) in [6.07, 6.45) is 8.00. The van der Waals surface area contributed by atoms with Crippen molar-refractivity contribution in [3.8, 4) is 11.1 Å². The first-order valence-electron chi connectivity index (χ1n) is 13.5. The normalized spacial score (nSPS) is 17.4. The van der Waals surface area contributed by atoms with Crippen LogP contribution in [0.3, 0.4) is 0 Å². The zero-order valence-electron chi connectivity index (χ0n) is 22.1. The van der Waals surface area contributed by atoms with Crippen LogP contribution in [0.2, 0.25) is 5.02 Å². The van der Waals surface area contributed by atoms with Gasteiger partial charge in [-0.1, -0.05) is 35.9 Å². The number of nitrogens with one attached hydrogen (secondary N) is 2. The second-order valence-corrected chi connectivity index (χ2v) is 10.5. The number of anilines is 3. The topological polar surface area (TPSA) is 86.2 Å². The molecule has 204 valence electrons. The third-order valence-electron chi connectivity index (χ3n) is 7.60. The van der Waals surface area contributed by atoms with Crippen molar-refractivity contribution in [1.82, 2.24) is 20.3 Å². The van der Waals surface area contributed by atoms with Crippen molar-refractivity contribution < 1.29 is 9.50 Å². The maximum Gasteiger partial charge on any atom is 0.229 e. The Kier molecular flexibility index (Phi) is 7.47. The first kappa shape index (κ1) is 26.4. The SMILES string of the molecule is CCN1c2nc(Nc3ccc(C4CCNCC4)c(F)c3)ncc2C=C(c2ccc(-c3cccnc3)cc2Cl)C1O. The van der Waals surface area contributed by atoms with Crippen LogP contribution >= 0.6 is 11.6 Å². The molecular weight excluding hydrogens is 527 g/mol. The Balaban J connectivity index is 1.27. The van der Waals surface area contributed by atoms with Crippen LogP contribution in [-0.4, -0.2) is 45.9 Å². The van der Waals surface area contributed by atoms with E-state index in [0.717, 1.165) is 53.7 Å². The molecule has 2 aliphatic heterocycles. The summed E-state index contributed by atoms with van der Waals surface area (Å²) in [6, 6.07) is 14.8. The molecule has 0 radical (unpaired) electrons. The minimum atomic E-state index is -0.955. The van der Waals surface area contributed by atoms with Crippen molar-refractivity contribution >= 4 is 40.7 Å². The Morgan fingerprint density at radius 3 is 2.67 bits per heavy atom. The molecule has 0 saturated carbocycles. The molecule has 0 aliphatic carbocycles. The average molecular weight is 557 g/mol. The molecule has 0 bridgehead atoms. The molecule has 1 fully saturated rings. The summed E-state index contributed by atoms with van der Waals surface area (Å²) < 4.78 is 15.0. The Morgan fingerprint density at radius 1 is 1.10 bits per heavy atom. The molecule has 3 N–H and O–H groups in total. The second kappa shape index (κ2) is 11.3. The van der Waals surface area contributed by atoms with Crippen LogP contribution in [0.25, 0.3) is 22.8 Å². The van der Waals surface area contributed by atoms with E-state index in [2.05, 4.69) is 25.6 Å². The van der Waals surface area contributed by atoms with Crippen molar-refractivity contribution in [2.24, 2.45) is 0 Å². The van der Waals surface area contributed by atoms with E-state index in [-0.39, 0.29) is 11.7 Å². The van der Waals surface area contributed by atoms with Gasteiger partial charge >= 0.3 is 0 Å². The van der Waals surface area contributed by atoms with Gasteiger partial charge in [0.2, 0.25) is 5.95 Å². The van der Waals surface area contributed by atoms with Crippen LogP contribution in [-0.2, 0) is 0 Å². The number of benzene rings is 2. The van der Waals surface area contributed by atoms with E-state index in [9.17, 15) is 9.50 Å². The highest BCUT2D eigenvalue weighted by atomic mass is 35.5. The van der Waals surface area contributed by atoms with Gasteiger partial charge in [-0.15, -0.1) is 0 Å². The van der Waals surface area contributed by atoms with E-state index in [1.165, 1.54) is 6.07 Å². The van der Waals surface area contributed by atoms with Crippen molar-refractivity contribution in [3.05, 3.63) is 94.7 Å². The molecule has 0 amide bonds. The lowest BCUT2D eigenvalue weighted by Crippen LogP contribution is -2.39. The van der Waals surface area contributed by atoms with Crippen LogP contribution in [0, 0.1) is 5.82 Å². The van der Waals surface area contributed by atoms with Gasteiger partial charge in [0, 0.05) is 58.1 Å². The minimum absolute atomic E-state index is 0.223. The third-order valence-corrected chi connectivity index (χ3v) is 7.92. The number of likely N-dealkylation sites (N-methyl/N-ethyl adjacent to an activating group) is 1. The number of fused-ring (bicyclic) bond motifs is 1. The first-order chi connectivity index (χ1) is 19.5. The van der Waals surface area contributed by atoms with Crippen LogP contribution in [0.4, 0.5) is 21.8 Å². The van der Waals surface area contributed by atoms with Gasteiger partial charge in [0.15, 0.2) is 6.23 Å². The van der Waals surface area contributed by atoms with Gasteiger partial charge in [-0.2, -0.15) is 4.98 Å². The molecule has 4 aromatic rings. The molecule has 1 unspecified atom stereocenters. The van der Waals surface area contributed by atoms with Crippen molar-refractivity contribution in [1.29, 1.82) is 0 Å². The highest BCUT2D eigenvalue weighted by Crippen LogP contribution is 2.39. The van der Waals surface area contributed by atoms with E-state index < -0.39 is 6.23 Å². The zero-order chi connectivity index (χ0) is 27.6. The fourth-order valence-electron chi connectivity index (χ4n) is 5.50. The number of hydrogen-bond donors (Lipinski definition) is 3. The summed E-state index contributed by atoms with van der Waals surface area (Å²) in [5.41, 5.74) is 5.39. The number of hydrogen-bond acceptors (Lipinski definition) is 7. The molecule has 2 aliphatic rings. The lowest BCUT2D eigenvalue weighted by molar-refractivity contribution is 0.225. The standard InChI is InChI=1S/C31H30ClFN6O/c1-2-39-29-22(14-26(30(39)40)25-7-5-20(15-27(25)32)21-4-3-11-35-17-21)18-36-31(38-29)37-23-6-8-24(28(33)16-23)19-9-12-34-13-10-19/h3-8,11,14-19,30,34,40H,2,9-10,12-13H2,1H3,(H,36,37,38). The van der Waals surface area contributed by atoms with E-state index in [0.29, 0.717) is 34.6 Å². The molecule has 4 heterocycles. The molecule has 7 nitrogen and oxygen atoms in total. The minimum Gasteiger partial charge on any atom is -0.369 e. The van der Waals surface area contributed by atoms with Crippen LogP contribution in [0.15, 0.2) is 67.1 Å². The average Bonchev–Trinajstić information content (AvgIpc) is 2.98. The number of nitrogens with zero attached hydrogens (tertiary/aromatic N) is 4. The first-order valence-corrected chi connectivity index (χ1v) is 13.9. The van der Waals surface area contributed by atoms with Gasteiger partial charge in [0.05, 0.1) is 0 Å². The molecule has 1 atom stereocenters. The smallest absolute Gasteiger partial charge is 0.229 e. The summed E-state index contributed by atoms with van der Waals surface area (Å²) in [6.45, 7) is 4.28. The predicted octanol–water partition coefficient (Wildman–Crippen LogP) is 6.24. The van der Waals surface area contributed by atoms with Crippen LogP contribution in [0.1, 0.15) is 42.4 Å². The monoisotopic (exact) mass is 556 g/mol.